The van der Waals surface area contributed by atoms with Gasteiger partial charge in [-0.05, 0) is 50.3 Å². The van der Waals surface area contributed by atoms with Gasteiger partial charge in [-0.15, -0.1) is 0 Å². The summed E-state index contributed by atoms with van der Waals surface area (Å²) in [5, 5.41) is 3.42. The summed E-state index contributed by atoms with van der Waals surface area (Å²) >= 11 is 0. The first-order valence-corrected chi connectivity index (χ1v) is 8.43. The van der Waals surface area contributed by atoms with Crippen LogP contribution in [0.3, 0.4) is 0 Å². The number of aryl methyl sites for hydroxylation is 1. The molecule has 1 aromatic rings. The van der Waals surface area contributed by atoms with Gasteiger partial charge in [0.2, 0.25) is 5.91 Å². The van der Waals surface area contributed by atoms with Gasteiger partial charge in [-0.25, -0.2) is 4.39 Å². The van der Waals surface area contributed by atoms with Crippen molar-refractivity contribution in [3.05, 3.63) is 35.6 Å². The van der Waals surface area contributed by atoms with Crippen molar-refractivity contribution in [2.45, 2.75) is 51.1 Å². The number of fused-ring (bicyclic) bond motifs is 2. The molecule has 3 atom stereocenters. The Morgan fingerprint density at radius 3 is 2.91 bits per heavy atom. The van der Waals surface area contributed by atoms with Gasteiger partial charge in [-0.2, -0.15) is 0 Å². The van der Waals surface area contributed by atoms with E-state index >= 15 is 0 Å². The number of carbonyl (C=O) groups is 1. The van der Waals surface area contributed by atoms with E-state index in [2.05, 4.69) is 10.2 Å². The molecular formula is C18H25FN2O. The predicted molar refractivity (Wildman–Crippen MR) is 85.0 cm³/mol. The molecular weight excluding hydrogens is 279 g/mol. The molecule has 2 heterocycles. The lowest BCUT2D eigenvalue weighted by Gasteiger charge is -2.30. The van der Waals surface area contributed by atoms with E-state index in [4.69, 9.17) is 0 Å². The molecule has 3 nitrogen and oxygen atoms in total. The Balaban J connectivity index is 1.61. The molecule has 3 rings (SSSR count). The maximum absolute atomic E-state index is 13.7. The number of nitrogens with zero attached hydrogens (tertiary/aromatic N) is 1. The van der Waals surface area contributed by atoms with Gasteiger partial charge in [0.1, 0.15) is 5.82 Å². The first-order valence-electron chi connectivity index (χ1n) is 8.43. The van der Waals surface area contributed by atoms with E-state index in [1.54, 1.807) is 6.07 Å². The number of hydrogen-bond acceptors (Lipinski definition) is 2. The van der Waals surface area contributed by atoms with E-state index < -0.39 is 0 Å². The van der Waals surface area contributed by atoms with Gasteiger partial charge in [0.15, 0.2) is 0 Å². The zero-order valence-corrected chi connectivity index (χ0v) is 13.2. The SMILES string of the molecule is CC(CCc1ccccc1F)C(=O)N1C2CCNCC1CC2. The van der Waals surface area contributed by atoms with E-state index in [1.165, 1.54) is 6.07 Å². The summed E-state index contributed by atoms with van der Waals surface area (Å²) < 4.78 is 13.7. The number of carbonyl (C=O) groups excluding carboxylic acids is 1. The van der Waals surface area contributed by atoms with Crippen molar-refractivity contribution in [3.8, 4) is 0 Å². The van der Waals surface area contributed by atoms with Gasteiger partial charge >= 0.3 is 0 Å². The van der Waals surface area contributed by atoms with Crippen LogP contribution in [0.2, 0.25) is 0 Å². The van der Waals surface area contributed by atoms with Crippen LogP contribution < -0.4 is 5.32 Å². The van der Waals surface area contributed by atoms with Crippen LogP contribution in [-0.4, -0.2) is 36.0 Å². The second-order valence-corrected chi connectivity index (χ2v) is 6.65. The fourth-order valence-corrected chi connectivity index (χ4v) is 3.79. The lowest BCUT2D eigenvalue weighted by Crippen LogP contribution is -2.45. The summed E-state index contributed by atoms with van der Waals surface area (Å²) in [4.78, 5) is 15.0. The first-order chi connectivity index (χ1) is 10.7. The Hall–Kier alpha value is -1.42. The van der Waals surface area contributed by atoms with Crippen LogP contribution >= 0.6 is 0 Å². The Bertz CT molecular complexity index is 520. The Morgan fingerprint density at radius 1 is 1.32 bits per heavy atom. The van der Waals surface area contributed by atoms with Gasteiger partial charge in [-0.3, -0.25) is 4.79 Å². The van der Waals surface area contributed by atoms with Crippen molar-refractivity contribution in [2.75, 3.05) is 13.1 Å². The van der Waals surface area contributed by atoms with Gasteiger partial charge in [-0.1, -0.05) is 25.1 Å². The van der Waals surface area contributed by atoms with E-state index in [-0.39, 0.29) is 17.6 Å². The first kappa shape index (κ1) is 15.5. The zero-order chi connectivity index (χ0) is 15.5. The average Bonchev–Trinajstić information content (AvgIpc) is 2.78. The molecule has 2 bridgehead atoms. The number of rotatable bonds is 4. The van der Waals surface area contributed by atoms with E-state index in [1.807, 2.05) is 19.1 Å². The summed E-state index contributed by atoms with van der Waals surface area (Å²) in [7, 11) is 0. The molecule has 1 aromatic carbocycles. The highest BCUT2D eigenvalue weighted by molar-refractivity contribution is 5.79. The highest BCUT2D eigenvalue weighted by atomic mass is 19.1. The van der Waals surface area contributed by atoms with E-state index in [9.17, 15) is 9.18 Å². The van der Waals surface area contributed by atoms with Crippen LogP contribution in [0.1, 0.15) is 38.2 Å². The number of nitrogens with one attached hydrogen (secondary N) is 1. The van der Waals surface area contributed by atoms with E-state index in [0.717, 1.165) is 32.4 Å². The average molecular weight is 304 g/mol. The van der Waals surface area contributed by atoms with Crippen LogP contribution in [0.15, 0.2) is 24.3 Å². The van der Waals surface area contributed by atoms with Crippen molar-refractivity contribution >= 4 is 5.91 Å². The molecule has 4 heteroatoms. The highest BCUT2D eigenvalue weighted by Crippen LogP contribution is 2.30. The molecule has 0 radical (unpaired) electrons. The maximum Gasteiger partial charge on any atom is 0.225 e. The fourth-order valence-electron chi connectivity index (χ4n) is 3.79. The molecule has 1 amide bonds. The van der Waals surface area contributed by atoms with Crippen molar-refractivity contribution in [2.24, 2.45) is 5.92 Å². The number of amides is 1. The molecule has 22 heavy (non-hydrogen) atoms. The lowest BCUT2D eigenvalue weighted by atomic mass is 9.98. The van der Waals surface area contributed by atoms with Crippen LogP contribution in [-0.2, 0) is 11.2 Å². The van der Waals surface area contributed by atoms with E-state index in [0.29, 0.717) is 30.5 Å². The molecule has 0 spiro atoms. The summed E-state index contributed by atoms with van der Waals surface area (Å²) in [5.74, 6) is 0.0505. The molecule has 2 saturated heterocycles. The largest absolute Gasteiger partial charge is 0.335 e. The third-order valence-corrected chi connectivity index (χ3v) is 5.13. The Labute approximate surface area is 131 Å². The van der Waals surface area contributed by atoms with Crippen molar-refractivity contribution in [1.82, 2.24) is 10.2 Å². The van der Waals surface area contributed by atoms with Crippen LogP contribution in [0.5, 0.6) is 0 Å². The second kappa shape index (κ2) is 6.78. The van der Waals surface area contributed by atoms with Gasteiger partial charge in [0, 0.05) is 24.5 Å². The molecule has 0 aromatic heterocycles. The minimum Gasteiger partial charge on any atom is -0.335 e. The van der Waals surface area contributed by atoms with Crippen molar-refractivity contribution in [1.29, 1.82) is 0 Å². The Morgan fingerprint density at radius 2 is 2.09 bits per heavy atom. The third-order valence-electron chi connectivity index (χ3n) is 5.13. The van der Waals surface area contributed by atoms with Crippen molar-refractivity contribution < 1.29 is 9.18 Å². The van der Waals surface area contributed by atoms with Gasteiger partial charge in [0.25, 0.3) is 0 Å². The van der Waals surface area contributed by atoms with Crippen molar-refractivity contribution in [3.63, 3.8) is 0 Å². The monoisotopic (exact) mass is 304 g/mol. The second-order valence-electron chi connectivity index (χ2n) is 6.65. The molecule has 3 unspecified atom stereocenters. The normalized spacial score (nSPS) is 25.8. The molecule has 1 N–H and O–H groups in total. The van der Waals surface area contributed by atoms with Crippen LogP contribution in [0.4, 0.5) is 4.39 Å². The Kier molecular flexibility index (Phi) is 4.77. The number of benzene rings is 1. The minimum absolute atomic E-state index is 0.0409. The van der Waals surface area contributed by atoms with Gasteiger partial charge < -0.3 is 10.2 Å². The number of hydrogen-bond donors (Lipinski definition) is 1. The fraction of sp³-hybridized carbons (Fsp3) is 0.611. The zero-order valence-electron chi connectivity index (χ0n) is 13.2. The minimum atomic E-state index is -0.166. The highest BCUT2D eigenvalue weighted by Gasteiger charge is 2.39. The van der Waals surface area contributed by atoms with Gasteiger partial charge in [0.05, 0.1) is 0 Å². The van der Waals surface area contributed by atoms with Crippen LogP contribution in [0, 0.1) is 11.7 Å². The summed E-state index contributed by atoms with van der Waals surface area (Å²) in [6, 6.07) is 7.62. The lowest BCUT2D eigenvalue weighted by molar-refractivity contribution is -0.137. The summed E-state index contributed by atoms with van der Waals surface area (Å²) in [6.07, 6.45) is 4.65. The van der Waals surface area contributed by atoms with Crippen LogP contribution in [0.25, 0.3) is 0 Å². The quantitative estimate of drug-likeness (QED) is 0.927. The maximum atomic E-state index is 13.7. The molecule has 120 valence electrons. The molecule has 2 fully saturated rings. The molecule has 2 aliphatic rings. The molecule has 0 aliphatic carbocycles. The summed E-state index contributed by atoms with van der Waals surface area (Å²) in [6.45, 7) is 3.91. The topological polar surface area (TPSA) is 32.3 Å². The third kappa shape index (κ3) is 3.17. The predicted octanol–water partition coefficient (Wildman–Crippen LogP) is 2.75. The number of halogens is 1. The summed E-state index contributed by atoms with van der Waals surface area (Å²) in [5.41, 5.74) is 0.711. The molecule has 2 aliphatic heterocycles. The smallest absolute Gasteiger partial charge is 0.225 e. The molecule has 0 saturated carbocycles. The standard InChI is InChI=1S/C18H25FN2O/c1-13(6-7-14-4-2-3-5-17(14)19)18(22)21-15-8-9-16(21)12-20-11-10-15/h2-5,13,15-16,20H,6-12H2,1H3.